The summed E-state index contributed by atoms with van der Waals surface area (Å²) in [4.78, 5) is 16.6. The molecule has 0 aliphatic carbocycles. The summed E-state index contributed by atoms with van der Waals surface area (Å²) in [5, 5.41) is 0. The molecule has 2 aliphatic heterocycles. The van der Waals surface area contributed by atoms with E-state index in [0.717, 1.165) is 25.9 Å². The zero-order valence-electron chi connectivity index (χ0n) is 10.8. The van der Waals surface area contributed by atoms with Crippen molar-refractivity contribution in [2.45, 2.75) is 24.9 Å². The molecule has 3 unspecified atom stereocenters. The number of ether oxygens (including phenoxy) is 1. The van der Waals surface area contributed by atoms with Crippen molar-refractivity contribution in [3.63, 3.8) is 0 Å². The van der Waals surface area contributed by atoms with E-state index in [4.69, 9.17) is 10.5 Å². The van der Waals surface area contributed by atoms with Crippen molar-refractivity contribution in [1.29, 1.82) is 0 Å². The summed E-state index contributed by atoms with van der Waals surface area (Å²) in [6.45, 7) is 2.82. The Kier molecular flexibility index (Phi) is 4.01. The third kappa shape index (κ3) is 2.78. The number of hydrogen-bond acceptors (Lipinski definition) is 4. The Hall–Kier alpha value is -0.650. The van der Waals surface area contributed by atoms with E-state index >= 15 is 0 Å². The van der Waals surface area contributed by atoms with Gasteiger partial charge in [0.1, 0.15) is 0 Å². The van der Waals surface area contributed by atoms with Crippen LogP contribution in [0.15, 0.2) is 0 Å². The Bertz CT molecular complexity index is 283. The summed E-state index contributed by atoms with van der Waals surface area (Å²) < 4.78 is 5.28. The average molecular weight is 241 g/mol. The van der Waals surface area contributed by atoms with Gasteiger partial charge in [0, 0.05) is 25.2 Å². The van der Waals surface area contributed by atoms with E-state index < -0.39 is 0 Å². The summed E-state index contributed by atoms with van der Waals surface area (Å²) >= 11 is 0. The highest BCUT2D eigenvalue weighted by Crippen LogP contribution is 2.23. The number of hydrogen-bond donors (Lipinski definition) is 1. The van der Waals surface area contributed by atoms with Crippen molar-refractivity contribution in [3.8, 4) is 0 Å². The summed E-state index contributed by atoms with van der Waals surface area (Å²) in [5.74, 6) is 0.0668. The Labute approximate surface area is 103 Å². The van der Waals surface area contributed by atoms with Gasteiger partial charge in [-0.05, 0) is 26.9 Å². The van der Waals surface area contributed by atoms with Gasteiger partial charge in [0.15, 0.2) is 0 Å². The lowest BCUT2D eigenvalue weighted by Gasteiger charge is -2.29. The molecular weight excluding hydrogens is 218 g/mol. The fraction of sp³-hybridized carbons (Fsp3) is 0.917. The first-order valence-corrected chi connectivity index (χ1v) is 6.38. The molecule has 0 saturated carbocycles. The molecule has 0 aromatic carbocycles. The number of carbonyl (C=O) groups excluding carboxylic acids is 1. The highest BCUT2D eigenvalue weighted by molar-refractivity contribution is 5.80. The van der Waals surface area contributed by atoms with E-state index in [-0.39, 0.29) is 17.9 Å². The van der Waals surface area contributed by atoms with E-state index in [1.54, 1.807) is 0 Å². The van der Waals surface area contributed by atoms with Crippen LogP contribution in [0.2, 0.25) is 0 Å². The first-order valence-electron chi connectivity index (χ1n) is 6.38. The highest BCUT2D eigenvalue weighted by Gasteiger charge is 2.38. The van der Waals surface area contributed by atoms with Crippen molar-refractivity contribution < 1.29 is 9.53 Å². The van der Waals surface area contributed by atoms with Gasteiger partial charge >= 0.3 is 0 Å². The van der Waals surface area contributed by atoms with Crippen LogP contribution in [0, 0.1) is 5.92 Å². The van der Waals surface area contributed by atoms with Gasteiger partial charge in [0.2, 0.25) is 5.91 Å². The van der Waals surface area contributed by atoms with Gasteiger partial charge in [0.25, 0.3) is 0 Å². The molecule has 17 heavy (non-hydrogen) atoms. The molecule has 5 heteroatoms. The molecule has 0 bridgehead atoms. The average Bonchev–Trinajstić information content (AvgIpc) is 2.85. The zero-order valence-corrected chi connectivity index (χ0v) is 10.8. The fourth-order valence-corrected chi connectivity index (χ4v) is 2.78. The Morgan fingerprint density at radius 2 is 2.24 bits per heavy atom. The lowest BCUT2D eigenvalue weighted by Crippen LogP contribution is -2.48. The van der Waals surface area contributed by atoms with Crippen LogP contribution in [0.25, 0.3) is 0 Å². The first kappa shape index (κ1) is 12.8. The maximum absolute atomic E-state index is 12.4. The molecule has 2 aliphatic rings. The molecule has 0 radical (unpaired) electrons. The quantitative estimate of drug-likeness (QED) is 0.724. The third-order valence-corrected chi connectivity index (χ3v) is 3.68. The minimum absolute atomic E-state index is 0.122. The molecule has 3 atom stereocenters. The lowest BCUT2D eigenvalue weighted by atomic mass is 10.0. The van der Waals surface area contributed by atoms with Crippen LogP contribution in [-0.2, 0) is 9.53 Å². The van der Waals surface area contributed by atoms with Crippen molar-refractivity contribution in [3.05, 3.63) is 0 Å². The van der Waals surface area contributed by atoms with Crippen LogP contribution in [0.5, 0.6) is 0 Å². The van der Waals surface area contributed by atoms with Crippen molar-refractivity contribution in [2.24, 2.45) is 11.7 Å². The smallest absolute Gasteiger partial charge is 0.229 e. The molecule has 2 N–H and O–H groups in total. The van der Waals surface area contributed by atoms with Gasteiger partial charge in [-0.15, -0.1) is 0 Å². The van der Waals surface area contributed by atoms with Crippen molar-refractivity contribution in [1.82, 2.24) is 9.80 Å². The van der Waals surface area contributed by atoms with Crippen LogP contribution < -0.4 is 5.73 Å². The van der Waals surface area contributed by atoms with Crippen LogP contribution >= 0.6 is 0 Å². The number of nitrogens with zero attached hydrogens (tertiary/aromatic N) is 2. The van der Waals surface area contributed by atoms with Gasteiger partial charge in [-0.1, -0.05) is 0 Å². The topological polar surface area (TPSA) is 58.8 Å². The first-order chi connectivity index (χ1) is 8.09. The van der Waals surface area contributed by atoms with E-state index in [9.17, 15) is 4.79 Å². The van der Waals surface area contributed by atoms with Gasteiger partial charge in [-0.2, -0.15) is 0 Å². The van der Waals surface area contributed by atoms with Crippen LogP contribution in [0.3, 0.4) is 0 Å². The van der Waals surface area contributed by atoms with E-state index in [1.165, 1.54) is 0 Å². The summed E-state index contributed by atoms with van der Waals surface area (Å²) in [6, 6.07) is 0.230. The summed E-state index contributed by atoms with van der Waals surface area (Å²) in [7, 11) is 4.09. The maximum Gasteiger partial charge on any atom is 0.229 e. The lowest BCUT2D eigenvalue weighted by molar-refractivity contribution is -0.136. The standard InChI is InChI=1S/C12H23N3O2/c1-14(2)6-9-4-3-5-15(9)12(16)10-7-17-8-11(10)13/h9-11H,3-8,13H2,1-2H3. The largest absolute Gasteiger partial charge is 0.379 e. The predicted molar refractivity (Wildman–Crippen MR) is 65.6 cm³/mol. The molecule has 0 spiro atoms. The van der Waals surface area contributed by atoms with Gasteiger partial charge in [-0.3, -0.25) is 4.79 Å². The Balaban J connectivity index is 1.97. The van der Waals surface area contributed by atoms with Crippen molar-refractivity contribution in [2.75, 3.05) is 40.4 Å². The van der Waals surface area contributed by atoms with Gasteiger partial charge in [-0.25, -0.2) is 0 Å². The number of rotatable bonds is 3. The van der Waals surface area contributed by atoms with Crippen LogP contribution in [0.4, 0.5) is 0 Å². The molecule has 0 aromatic rings. The minimum Gasteiger partial charge on any atom is -0.379 e. The molecular formula is C12H23N3O2. The monoisotopic (exact) mass is 241 g/mol. The zero-order chi connectivity index (χ0) is 12.4. The highest BCUT2D eigenvalue weighted by atomic mass is 16.5. The maximum atomic E-state index is 12.4. The number of likely N-dealkylation sites (N-methyl/N-ethyl adjacent to an activating group) is 1. The van der Waals surface area contributed by atoms with E-state index in [2.05, 4.69) is 4.90 Å². The summed E-state index contributed by atoms with van der Waals surface area (Å²) in [6.07, 6.45) is 2.21. The SMILES string of the molecule is CN(C)CC1CCCN1C(=O)C1COCC1N. The molecule has 1 amide bonds. The van der Waals surface area contributed by atoms with Gasteiger partial charge in [0.05, 0.1) is 19.1 Å². The second kappa shape index (κ2) is 5.33. The molecule has 2 heterocycles. The summed E-state index contributed by atoms with van der Waals surface area (Å²) in [5.41, 5.74) is 5.91. The number of carbonyl (C=O) groups is 1. The van der Waals surface area contributed by atoms with E-state index in [0.29, 0.717) is 19.3 Å². The molecule has 2 rings (SSSR count). The molecule has 5 nitrogen and oxygen atoms in total. The second-order valence-electron chi connectivity index (χ2n) is 5.40. The molecule has 2 saturated heterocycles. The van der Waals surface area contributed by atoms with Gasteiger partial charge < -0.3 is 20.3 Å². The van der Waals surface area contributed by atoms with Crippen molar-refractivity contribution >= 4 is 5.91 Å². The molecule has 0 aromatic heterocycles. The fourth-order valence-electron chi connectivity index (χ4n) is 2.78. The molecule has 2 fully saturated rings. The van der Waals surface area contributed by atoms with Crippen LogP contribution in [-0.4, -0.2) is 68.2 Å². The third-order valence-electron chi connectivity index (χ3n) is 3.68. The molecule has 98 valence electrons. The number of likely N-dealkylation sites (tertiary alicyclic amines) is 1. The predicted octanol–water partition coefficient (Wildman–Crippen LogP) is -0.487. The minimum atomic E-state index is -0.127. The van der Waals surface area contributed by atoms with Crippen LogP contribution in [0.1, 0.15) is 12.8 Å². The Morgan fingerprint density at radius 3 is 2.82 bits per heavy atom. The number of amides is 1. The second-order valence-corrected chi connectivity index (χ2v) is 5.40. The number of nitrogens with two attached hydrogens (primary N) is 1. The Morgan fingerprint density at radius 1 is 1.47 bits per heavy atom. The normalized spacial score (nSPS) is 33.6. The van der Waals surface area contributed by atoms with E-state index in [1.807, 2.05) is 19.0 Å².